The van der Waals surface area contributed by atoms with E-state index in [4.69, 9.17) is 4.74 Å². The van der Waals surface area contributed by atoms with Crippen molar-refractivity contribution in [1.82, 2.24) is 5.32 Å². The monoisotopic (exact) mass is 367 g/mol. The fraction of sp³-hybridized carbons (Fsp3) is 0.529. The van der Waals surface area contributed by atoms with Crippen LogP contribution in [-0.4, -0.2) is 49.5 Å². The first-order chi connectivity index (χ1) is 11.9. The number of ether oxygens (including phenoxy) is 1. The van der Waals surface area contributed by atoms with E-state index in [9.17, 15) is 19.7 Å². The molecule has 2 amide bonds. The number of aryl methyl sites for hydroxylation is 1. The maximum Gasteiger partial charge on any atom is 0.311 e. The van der Waals surface area contributed by atoms with Crippen LogP contribution >= 0.6 is 0 Å². The summed E-state index contributed by atoms with van der Waals surface area (Å²) in [6, 6.07) is 2.77. The molecule has 0 fully saturated rings. The number of amides is 2. The second kappa shape index (κ2) is 8.61. The Morgan fingerprint density at radius 1 is 1.23 bits per heavy atom. The summed E-state index contributed by atoms with van der Waals surface area (Å²) in [6.45, 7) is 7.56. The van der Waals surface area contributed by atoms with Crippen LogP contribution in [0.2, 0.25) is 0 Å². The van der Waals surface area contributed by atoms with Gasteiger partial charge >= 0.3 is 5.69 Å². The molecule has 0 aliphatic rings. The Kier molecular flexibility index (Phi) is 7.08. The number of quaternary nitrogens is 1. The summed E-state index contributed by atoms with van der Waals surface area (Å²) in [4.78, 5) is 35.3. The van der Waals surface area contributed by atoms with E-state index < -0.39 is 4.92 Å². The van der Waals surface area contributed by atoms with Gasteiger partial charge in [-0.2, -0.15) is 0 Å². The van der Waals surface area contributed by atoms with Crippen LogP contribution in [0.4, 0.5) is 11.4 Å². The standard InChI is InChI=1S/C17H26N4O5/c1-11-7-13(21(24)25)14(26-6)8-12(11)18-15(22)9-20(5)10-16(23)19-17(2,3)4/h7-8H,9-10H2,1-6H3,(H,18,22)(H,19,23)/p+1. The van der Waals surface area contributed by atoms with Crippen molar-refractivity contribution in [1.29, 1.82) is 0 Å². The molecule has 1 aromatic rings. The number of nitro benzene ring substituents is 1. The molecule has 0 saturated carbocycles. The lowest BCUT2D eigenvalue weighted by Gasteiger charge is -2.21. The summed E-state index contributed by atoms with van der Waals surface area (Å²) >= 11 is 0. The van der Waals surface area contributed by atoms with Crippen LogP contribution in [0.1, 0.15) is 26.3 Å². The molecule has 26 heavy (non-hydrogen) atoms. The Hall–Kier alpha value is -2.68. The highest BCUT2D eigenvalue weighted by atomic mass is 16.6. The molecule has 1 rings (SSSR count). The maximum atomic E-state index is 12.2. The second-order valence-corrected chi connectivity index (χ2v) is 7.25. The lowest BCUT2D eigenvalue weighted by atomic mass is 10.1. The SMILES string of the molecule is COc1cc(NC(=O)C[NH+](C)CC(=O)NC(C)(C)C)c(C)cc1[N+](=O)[O-]. The number of nitro groups is 1. The predicted octanol–water partition coefficient (Wildman–Crippen LogP) is 0.280. The average Bonchev–Trinajstić information content (AvgIpc) is 2.46. The van der Waals surface area contributed by atoms with E-state index >= 15 is 0 Å². The van der Waals surface area contributed by atoms with Crippen molar-refractivity contribution in [2.45, 2.75) is 33.2 Å². The number of anilines is 1. The van der Waals surface area contributed by atoms with E-state index in [1.54, 1.807) is 14.0 Å². The number of hydrogen-bond donors (Lipinski definition) is 3. The lowest BCUT2D eigenvalue weighted by molar-refractivity contribution is -0.862. The molecule has 3 N–H and O–H groups in total. The molecule has 9 heteroatoms. The molecule has 0 aliphatic carbocycles. The quantitative estimate of drug-likeness (QED) is 0.473. The zero-order valence-electron chi connectivity index (χ0n) is 16.1. The van der Waals surface area contributed by atoms with Crippen LogP contribution in [0.15, 0.2) is 12.1 Å². The molecule has 144 valence electrons. The number of methoxy groups -OCH3 is 1. The summed E-state index contributed by atoms with van der Waals surface area (Å²) in [5.41, 5.74) is 0.495. The van der Waals surface area contributed by atoms with E-state index in [1.807, 2.05) is 20.8 Å². The minimum absolute atomic E-state index is 0.0705. The molecule has 1 atom stereocenters. The van der Waals surface area contributed by atoms with Crippen molar-refractivity contribution in [3.63, 3.8) is 0 Å². The number of nitrogens with one attached hydrogen (secondary N) is 3. The van der Waals surface area contributed by atoms with Crippen molar-refractivity contribution < 1.29 is 24.1 Å². The molecule has 0 radical (unpaired) electrons. The van der Waals surface area contributed by atoms with E-state index in [0.717, 1.165) is 4.90 Å². The second-order valence-electron chi connectivity index (χ2n) is 7.25. The number of likely N-dealkylation sites (N-methyl/N-ethyl adjacent to an activating group) is 1. The molecule has 1 unspecified atom stereocenters. The number of hydrogen-bond acceptors (Lipinski definition) is 5. The van der Waals surface area contributed by atoms with E-state index in [2.05, 4.69) is 10.6 Å². The van der Waals surface area contributed by atoms with Gasteiger partial charge in [0.2, 0.25) is 0 Å². The van der Waals surface area contributed by atoms with Gasteiger partial charge in [-0.15, -0.1) is 0 Å². The first kappa shape index (κ1) is 21.4. The van der Waals surface area contributed by atoms with Crippen LogP contribution in [0.5, 0.6) is 5.75 Å². The Labute approximate surface area is 152 Å². The zero-order chi connectivity index (χ0) is 20.1. The largest absolute Gasteiger partial charge is 0.490 e. The summed E-state index contributed by atoms with van der Waals surface area (Å²) in [7, 11) is 3.07. The van der Waals surface area contributed by atoms with Gasteiger partial charge in [0.25, 0.3) is 11.8 Å². The molecule has 0 saturated heterocycles. The third-order valence-electron chi connectivity index (χ3n) is 3.44. The number of carbonyl (C=O) groups excluding carboxylic acids is 2. The Bertz CT molecular complexity index is 697. The normalized spacial score (nSPS) is 12.2. The topological polar surface area (TPSA) is 115 Å². The van der Waals surface area contributed by atoms with Crippen molar-refractivity contribution in [3.05, 3.63) is 27.8 Å². The minimum atomic E-state index is -0.538. The van der Waals surface area contributed by atoms with Crippen molar-refractivity contribution in [3.8, 4) is 5.75 Å². The van der Waals surface area contributed by atoms with Crippen molar-refractivity contribution in [2.75, 3.05) is 32.6 Å². The fourth-order valence-electron chi connectivity index (χ4n) is 2.38. The number of rotatable bonds is 7. The third-order valence-corrected chi connectivity index (χ3v) is 3.44. The van der Waals surface area contributed by atoms with Crippen LogP contribution in [0, 0.1) is 17.0 Å². The van der Waals surface area contributed by atoms with E-state index in [1.165, 1.54) is 19.2 Å². The van der Waals surface area contributed by atoms with Crippen LogP contribution < -0.4 is 20.3 Å². The van der Waals surface area contributed by atoms with Crippen molar-refractivity contribution >= 4 is 23.2 Å². The van der Waals surface area contributed by atoms with Gasteiger partial charge in [0.05, 0.1) is 19.1 Å². The molecular weight excluding hydrogens is 340 g/mol. The molecular formula is C17H27N4O5+. The zero-order valence-corrected chi connectivity index (χ0v) is 16.1. The summed E-state index contributed by atoms with van der Waals surface area (Å²) in [5, 5.41) is 16.6. The first-order valence-electron chi connectivity index (χ1n) is 8.18. The molecule has 0 spiro atoms. The van der Waals surface area contributed by atoms with Gasteiger partial charge in [0, 0.05) is 23.4 Å². The summed E-state index contributed by atoms with van der Waals surface area (Å²) < 4.78 is 5.01. The highest BCUT2D eigenvalue weighted by molar-refractivity contribution is 5.93. The average molecular weight is 367 g/mol. The number of benzene rings is 1. The lowest BCUT2D eigenvalue weighted by Crippen LogP contribution is -3.11. The maximum absolute atomic E-state index is 12.2. The number of carbonyl (C=O) groups is 2. The van der Waals surface area contributed by atoms with Gasteiger partial charge < -0.3 is 20.3 Å². The van der Waals surface area contributed by atoms with Crippen LogP contribution in [-0.2, 0) is 9.59 Å². The smallest absolute Gasteiger partial charge is 0.311 e. The molecule has 0 heterocycles. The molecule has 0 aliphatic heterocycles. The van der Waals surface area contributed by atoms with Gasteiger partial charge in [-0.05, 0) is 33.3 Å². The molecule has 0 bridgehead atoms. The highest BCUT2D eigenvalue weighted by Gasteiger charge is 2.21. The highest BCUT2D eigenvalue weighted by Crippen LogP contribution is 2.32. The van der Waals surface area contributed by atoms with Gasteiger partial charge in [-0.25, -0.2) is 0 Å². The van der Waals surface area contributed by atoms with E-state index in [-0.39, 0.29) is 41.9 Å². The Morgan fingerprint density at radius 3 is 2.31 bits per heavy atom. The fourth-order valence-corrected chi connectivity index (χ4v) is 2.38. The first-order valence-corrected chi connectivity index (χ1v) is 8.18. The Morgan fingerprint density at radius 2 is 1.81 bits per heavy atom. The van der Waals surface area contributed by atoms with Crippen LogP contribution in [0.25, 0.3) is 0 Å². The molecule has 1 aromatic carbocycles. The predicted molar refractivity (Wildman–Crippen MR) is 97.5 cm³/mol. The van der Waals surface area contributed by atoms with Gasteiger partial charge in [-0.3, -0.25) is 19.7 Å². The Balaban J connectivity index is 2.73. The summed E-state index contributed by atoms with van der Waals surface area (Å²) in [5.74, 6) is -0.373. The van der Waals surface area contributed by atoms with Gasteiger partial charge in [0.1, 0.15) is 0 Å². The minimum Gasteiger partial charge on any atom is -0.490 e. The van der Waals surface area contributed by atoms with Crippen molar-refractivity contribution in [2.24, 2.45) is 0 Å². The molecule has 0 aromatic heterocycles. The third kappa shape index (κ3) is 6.67. The number of nitrogens with zero attached hydrogens (tertiary/aromatic N) is 1. The van der Waals surface area contributed by atoms with Crippen LogP contribution in [0.3, 0.4) is 0 Å². The van der Waals surface area contributed by atoms with Gasteiger partial charge in [-0.1, -0.05) is 0 Å². The molecule has 9 nitrogen and oxygen atoms in total. The van der Waals surface area contributed by atoms with Gasteiger partial charge in [0.15, 0.2) is 18.8 Å². The van der Waals surface area contributed by atoms with E-state index in [0.29, 0.717) is 11.3 Å². The summed E-state index contributed by atoms with van der Waals surface area (Å²) in [6.07, 6.45) is 0.